The zero-order chi connectivity index (χ0) is 12.1. The first-order valence-electron chi connectivity index (χ1n) is 5.61. The van der Waals surface area contributed by atoms with Crippen molar-refractivity contribution in [3.05, 3.63) is 0 Å². The van der Waals surface area contributed by atoms with Gasteiger partial charge in [-0.25, -0.2) is 0 Å². The molecule has 0 aromatic carbocycles. The zero-order valence-electron chi connectivity index (χ0n) is 10.1. The van der Waals surface area contributed by atoms with Crippen LogP contribution in [-0.2, 0) is 4.79 Å². The van der Waals surface area contributed by atoms with Crippen molar-refractivity contribution in [2.45, 2.75) is 58.6 Å². The van der Waals surface area contributed by atoms with Crippen LogP contribution in [0.2, 0.25) is 0 Å². The Hall–Kier alpha value is -0.610. The van der Waals surface area contributed by atoms with E-state index in [-0.39, 0.29) is 6.23 Å². The summed E-state index contributed by atoms with van der Waals surface area (Å²) < 4.78 is 0. The average Bonchev–Trinajstić information content (AvgIpc) is 2.18. The molecule has 4 nitrogen and oxygen atoms in total. The first-order valence-corrected chi connectivity index (χ1v) is 5.61. The lowest BCUT2D eigenvalue weighted by Crippen LogP contribution is -2.19. The SMILES string of the molecule is CCCCCCCC(=O)O.CNC(C)O. The van der Waals surface area contributed by atoms with Gasteiger partial charge in [0.15, 0.2) is 0 Å². The summed E-state index contributed by atoms with van der Waals surface area (Å²) in [4.78, 5) is 10.0. The van der Waals surface area contributed by atoms with Crippen molar-refractivity contribution < 1.29 is 15.0 Å². The van der Waals surface area contributed by atoms with E-state index in [1.54, 1.807) is 14.0 Å². The monoisotopic (exact) mass is 219 g/mol. The number of aliphatic carboxylic acids is 1. The van der Waals surface area contributed by atoms with Crippen LogP contribution in [0.3, 0.4) is 0 Å². The highest BCUT2D eigenvalue weighted by molar-refractivity contribution is 5.66. The number of aliphatic hydroxyl groups is 1. The van der Waals surface area contributed by atoms with Crippen molar-refractivity contribution >= 4 is 5.97 Å². The molecule has 92 valence electrons. The van der Waals surface area contributed by atoms with E-state index in [0.717, 1.165) is 12.8 Å². The van der Waals surface area contributed by atoms with Gasteiger partial charge in [0, 0.05) is 6.42 Å². The fourth-order valence-corrected chi connectivity index (χ4v) is 0.880. The predicted octanol–water partition coefficient (Wildman–Crippen LogP) is 1.98. The van der Waals surface area contributed by atoms with Gasteiger partial charge in [-0.15, -0.1) is 0 Å². The molecule has 0 aromatic rings. The molecule has 3 N–H and O–H groups in total. The first kappa shape index (κ1) is 16.8. The number of carboxylic acid groups (broad SMARTS) is 1. The van der Waals surface area contributed by atoms with Crippen LogP contribution in [0.4, 0.5) is 0 Å². The van der Waals surface area contributed by atoms with Crippen molar-refractivity contribution in [2.75, 3.05) is 7.05 Å². The molecule has 0 aromatic heterocycles. The smallest absolute Gasteiger partial charge is 0.303 e. The fraction of sp³-hybridized carbons (Fsp3) is 0.909. The van der Waals surface area contributed by atoms with E-state index >= 15 is 0 Å². The predicted molar refractivity (Wildman–Crippen MR) is 61.8 cm³/mol. The molecule has 0 radical (unpaired) electrons. The Labute approximate surface area is 92.7 Å². The topological polar surface area (TPSA) is 69.6 Å². The van der Waals surface area contributed by atoms with Crippen LogP contribution in [0.15, 0.2) is 0 Å². The third kappa shape index (κ3) is 24.7. The van der Waals surface area contributed by atoms with Gasteiger partial charge in [0.1, 0.15) is 6.23 Å². The van der Waals surface area contributed by atoms with Crippen LogP contribution in [0.1, 0.15) is 52.4 Å². The van der Waals surface area contributed by atoms with Gasteiger partial charge in [-0.05, 0) is 20.4 Å². The number of carbonyl (C=O) groups is 1. The largest absolute Gasteiger partial charge is 0.481 e. The van der Waals surface area contributed by atoms with Crippen molar-refractivity contribution in [1.82, 2.24) is 5.32 Å². The molecule has 0 amide bonds. The summed E-state index contributed by atoms with van der Waals surface area (Å²) >= 11 is 0. The van der Waals surface area contributed by atoms with Gasteiger partial charge in [0.2, 0.25) is 0 Å². The molecule has 1 atom stereocenters. The van der Waals surface area contributed by atoms with E-state index < -0.39 is 5.97 Å². The highest BCUT2D eigenvalue weighted by atomic mass is 16.4. The Morgan fingerprint density at radius 2 is 1.73 bits per heavy atom. The average molecular weight is 219 g/mol. The molecular formula is C11H25NO3. The van der Waals surface area contributed by atoms with Gasteiger partial charge < -0.3 is 10.2 Å². The number of hydrogen-bond acceptors (Lipinski definition) is 3. The lowest BCUT2D eigenvalue weighted by Gasteiger charge is -1.95. The summed E-state index contributed by atoms with van der Waals surface area (Å²) in [6.45, 7) is 3.82. The van der Waals surface area contributed by atoms with Gasteiger partial charge in [-0.2, -0.15) is 0 Å². The third-order valence-electron chi connectivity index (χ3n) is 1.91. The summed E-state index contributed by atoms with van der Waals surface area (Å²) in [5.41, 5.74) is 0. The second-order valence-corrected chi connectivity index (χ2v) is 3.52. The lowest BCUT2D eigenvalue weighted by atomic mass is 10.1. The maximum atomic E-state index is 10.0. The van der Waals surface area contributed by atoms with Crippen molar-refractivity contribution in [3.8, 4) is 0 Å². The minimum absolute atomic E-state index is 0.337. The number of nitrogens with one attached hydrogen (secondary N) is 1. The second-order valence-electron chi connectivity index (χ2n) is 3.52. The lowest BCUT2D eigenvalue weighted by molar-refractivity contribution is -0.137. The second kappa shape index (κ2) is 13.4. The molecule has 0 saturated carbocycles. The summed E-state index contributed by atoms with van der Waals surface area (Å²) in [6.07, 6.45) is 5.52. The van der Waals surface area contributed by atoms with Gasteiger partial charge in [0.25, 0.3) is 0 Å². The van der Waals surface area contributed by atoms with Crippen LogP contribution in [-0.4, -0.2) is 29.5 Å². The van der Waals surface area contributed by atoms with Gasteiger partial charge in [0.05, 0.1) is 0 Å². The molecule has 4 heteroatoms. The van der Waals surface area contributed by atoms with E-state index in [0.29, 0.717) is 6.42 Å². The molecule has 0 rings (SSSR count). The maximum Gasteiger partial charge on any atom is 0.303 e. The molecule has 0 fully saturated rings. The van der Waals surface area contributed by atoms with E-state index in [9.17, 15) is 4.79 Å². The van der Waals surface area contributed by atoms with Gasteiger partial charge in [-0.3, -0.25) is 10.1 Å². The summed E-state index contributed by atoms with van der Waals surface area (Å²) in [6, 6.07) is 0. The van der Waals surface area contributed by atoms with Crippen molar-refractivity contribution in [1.29, 1.82) is 0 Å². The van der Waals surface area contributed by atoms with E-state index in [1.165, 1.54) is 19.3 Å². The summed E-state index contributed by atoms with van der Waals surface area (Å²) in [7, 11) is 1.70. The van der Waals surface area contributed by atoms with Crippen LogP contribution in [0.25, 0.3) is 0 Å². The highest BCUT2D eigenvalue weighted by Gasteiger charge is 1.94. The number of unbranched alkanes of at least 4 members (excludes halogenated alkanes) is 4. The molecule has 0 spiro atoms. The number of rotatable bonds is 7. The molecule has 0 heterocycles. The van der Waals surface area contributed by atoms with Crippen LogP contribution in [0, 0.1) is 0 Å². The maximum absolute atomic E-state index is 10.0. The fourth-order valence-electron chi connectivity index (χ4n) is 0.880. The Morgan fingerprint density at radius 1 is 1.27 bits per heavy atom. The minimum Gasteiger partial charge on any atom is -0.481 e. The molecule has 15 heavy (non-hydrogen) atoms. The normalized spacial score (nSPS) is 11.5. The number of hydrogen-bond donors (Lipinski definition) is 3. The standard InChI is InChI=1S/C8H16O2.C3H9NO/c1-2-3-4-5-6-7-8(9)10;1-3(5)4-2/h2-7H2,1H3,(H,9,10);3-5H,1-2H3. The Kier molecular flexibility index (Phi) is 15.0. The van der Waals surface area contributed by atoms with Gasteiger partial charge >= 0.3 is 5.97 Å². The Morgan fingerprint density at radius 3 is 2.07 bits per heavy atom. The molecule has 0 aliphatic rings. The first-order chi connectivity index (χ1) is 7.04. The molecule has 0 bridgehead atoms. The molecular weight excluding hydrogens is 194 g/mol. The summed E-state index contributed by atoms with van der Waals surface area (Å²) in [5.74, 6) is -0.670. The highest BCUT2D eigenvalue weighted by Crippen LogP contribution is 2.04. The van der Waals surface area contributed by atoms with Crippen LogP contribution < -0.4 is 5.32 Å². The quantitative estimate of drug-likeness (QED) is 0.452. The number of aliphatic hydroxyl groups excluding tert-OH is 1. The van der Waals surface area contributed by atoms with Gasteiger partial charge in [-0.1, -0.05) is 32.6 Å². The Balaban J connectivity index is 0. The van der Waals surface area contributed by atoms with Crippen molar-refractivity contribution in [3.63, 3.8) is 0 Å². The molecule has 0 saturated heterocycles. The molecule has 1 unspecified atom stereocenters. The zero-order valence-corrected chi connectivity index (χ0v) is 10.1. The minimum atomic E-state index is -0.670. The molecule has 0 aliphatic carbocycles. The van der Waals surface area contributed by atoms with E-state index in [4.69, 9.17) is 10.2 Å². The van der Waals surface area contributed by atoms with E-state index in [1.807, 2.05) is 0 Å². The molecule has 0 aliphatic heterocycles. The third-order valence-corrected chi connectivity index (χ3v) is 1.91. The summed E-state index contributed by atoms with van der Waals surface area (Å²) in [5, 5.41) is 19.1. The van der Waals surface area contributed by atoms with Crippen LogP contribution >= 0.6 is 0 Å². The number of carboxylic acids is 1. The van der Waals surface area contributed by atoms with E-state index in [2.05, 4.69) is 12.2 Å². The van der Waals surface area contributed by atoms with Crippen molar-refractivity contribution in [2.24, 2.45) is 0 Å². The van der Waals surface area contributed by atoms with Crippen LogP contribution in [0.5, 0.6) is 0 Å². The Bertz CT molecular complexity index is 138.